The number of aliphatic hydroxyl groups excluding tert-OH is 1. The highest BCUT2D eigenvalue weighted by Gasteiger charge is 2.07. The summed E-state index contributed by atoms with van der Waals surface area (Å²) >= 11 is 9.29. The third-order valence-corrected chi connectivity index (χ3v) is 3.43. The zero-order valence-electron chi connectivity index (χ0n) is 11.0. The molecule has 0 fully saturated rings. The molecule has 0 aliphatic carbocycles. The number of hydrogen-bond donors (Lipinski definition) is 2. The molecular weight excluding hydrogens is 358 g/mol. The lowest BCUT2D eigenvalue weighted by Crippen LogP contribution is -2.20. The minimum Gasteiger partial charge on any atom is -0.482 e. The van der Waals surface area contributed by atoms with E-state index in [-0.39, 0.29) is 19.1 Å². The number of ether oxygens (including phenoxy) is 1. The molecule has 6 heteroatoms. The van der Waals surface area contributed by atoms with Crippen LogP contribution in [-0.2, 0) is 11.4 Å². The lowest BCUT2D eigenvalue weighted by molar-refractivity contribution is -0.118. The Kier molecular flexibility index (Phi) is 5.61. The van der Waals surface area contributed by atoms with Crippen LogP contribution >= 0.6 is 27.5 Å². The Morgan fingerprint density at radius 2 is 2.10 bits per heavy atom. The second-order valence-electron chi connectivity index (χ2n) is 4.27. The number of hydrogen-bond acceptors (Lipinski definition) is 3. The molecule has 21 heavy (non-hydrogen) atoms. The molecule has 2 aromatic rings. The van der Waals surface area contributed by atoms with Gasteiger partial charge in [-0.15, -0.1) is 0 Å². The van der Waals surface area contributed by atoms with Crippen LogP contribution in [0.2, 0.25) is 5.02 Å². The first-order chi connectivity index (χ1) is 10.1. The first kappa shape index (κ1) is 15.8. The predicted octanol–water partition coefficient (Wildman–Crippen LogP) is 3.61. The van der Waals surface area contributed by atoms with E-state index in [1.54, 1.807) is 42.5 Å². The summed E-state index contributed by atoms with van der Waals surface area (Å²) in [5.41, 5.74) is 1.33. The van der Waals surface area contributed by atoms with Crippen LogP contribution in [0.15, 0.2) is 46.9 Å². The van der Waals surface area contributed by atoms with Crippen molar-refractivity contribution in [2.24, 2.45) is 0 Å². The zero-order valence-corrected chi connectivity index (χ0v) is 13.3. The molecule has 2 N–H and O–H groups in total. The molecule has 110 valence electrons. The number of halogens is 2. The van der Waals surface area contributed by atoms with E-state index in [1.165, 1.54) is 0 Å². The van der Waals surface area contributed by atoms with Crippen LogP contribution in [-0.4, -0.2) is 17.6 Å². The molecule has 2 aromatic carbocycles. The minimum absolute atomic E-state index is 0.0747. The molecule has 0 radical (unpaired) electrons. The number of benzene rings is 2. The molecule has 0 saturated heterocycles. The van der Waals surface area contributed by atoms with Gasteiger partial charge in [0.1, 0.15) is 5.75 Å². The SMILES string of the molecule is O=C(COc1ccc(Br)cc1Cl)Nc1cccc(CO)c1. The lowest BCUT2D eigenvalue weighted by Gasteiger charge is -2.09. The Morgan fingerprint density at radius 1 is 1.29 bits per heavy atom. The van der Waals surface area contributed by atoms with Gasteiger partial charge in [-0.3, -0.25) is 4.79 Å². The maximum absolute atomic E-state index is 11.8. The molecule has 0 atom stereocenters. The highest BCUT2D eigenvalue weighted by molar-refractivity contribution is 9.10. The monoisotopic (exact) mass is 369 g/mol. The average molecular weight is 371 g/mol. The second-order valence-corrected chi connectivity index (χ2v) is 5.59. The van der Waals surface area contributed by atoms with Gasteiger partial charge in [0.15, 0.2) is 6.61 Å². The van der Waals surface area contributed by atoms with Gasteiger partial charge in [-0.25, -0.2) is 0 Å². The molecule has 0 unspecified atom stereocenters. The van der Waals surface area contributed by atoms with Gasteiger partial charge in [-0.05, 0) is 35.9 Å². The van der Waals surface area contributed by atoms with Gasteiger partial charge in [0.25, 0.3) is 5.91 Å². The Hall–Kier alpha value is -1.56. The Morgan fingerprint density at radius 3 is 2.81 bits per heavy atom. The van der Waals surface area contributed by atoms with E-state index in [9.17, 15) is 4.79 Å². The van der Waals surface area contributed by atoms with Crippen LogP contribution in [0.1, 0.15) is 5.56 Å². The molecule has 4 nitrogen and oxygen atoms in total. The first-order valence-corrected chi connectivity index (χ1v) is 7.33. The standard InChI is InChI=1S/C15H13BrClNO3/c16-11-4-5-14(13(17)7-11)21-9-15(20)18-12-3-1-2-10(6-12)8-19/h1-7,19H,8-9H2,(H,18,20). The molecule has 0 aromatic heterocycles. The number of rotatable bonds is 5. The summed E-state index contributed by atoms with van der Waals surface area (Å²) < 4.78 is 6.21. The third-order valence-electron chi connectivity index (χ3n) is 2.65. The van der Waals surface area contributed by atoms with Gasteiger partial charge in [0.2, 0.25) is 0 Å². The van der Waals surface area contributed by atoms with Crippen molar-refractivity contribution in [2.75, 3.05) is 11.9 Å². The molecule has 0 aliphatic heterocycles. The topological polar surface area (TPSA) is 58.6 Å². The third kappa shape index (κ3) is 4.74. The van der Waals surface area contributed by atoms with E-state index < -0.39 is 0 Å². The van der Waals surface area contributed by atoms with Crippen molar-refractivity contribution >= 4 is 39.1 Å². The van der Waals surface area contributed by atoms with Gasteiger partial charge >= 0.3 is 0 Å². The van der Waals surface area contributed by atoms with Crippen LogP contribution in [0, 0.1) is 0 Å². The maximum Gasteiger partial charge on any atom is 0.262 e. The number of carbonyl (C=O) groups excluding carboxylic acids is 1. The number of carbonyl (C=O) groups is 1. The summed E-state index contributed by atoms with van der Waals surface area (Å²) in [6.07, 6.45) is 0. The zero-order chi connectivity index (χ0) is 15.2. The largest absolute Gasteiger partial charge is 0.482 e. The Labute approximate surface area is 135 Å². The molecule has 1 amide bonds. The fourth-order valence-corrected chi connectivity index (χ4v) is 2.41. The molecule has 2 rings (SSSR count). The van der Waals surface area contributed by atoms with Crippen molar-refractivity contribution in [3.05, 3.63) is 57.5 Å². The van der Waals surface area contributed by atoms with Crippen molar-refractivity contribution in [2.45, 2.75) is 6.61 Å². The van der Waals surface area contributed by atoms with E-state index in [0.29, 0.717) is 16.5 Å². The van der Waals surface area contributed by atoms with Crippen molar-refractivity contribution in [1.82, 2.24) is 0 Å². The van der Waals surface area contributed by atoms with Crippen LogP contribution in [0.25, 0.3) is 0 Å². The van der Waals surface area contributed by atoms with Crippen LogP contribution in [0.4, 0.5) is 5.69 Å². The fourth-order valence-electron chi connectivity index (χ4n) is 1.68. The van der Waals surface area contributed by atoms with Gasteiger partial charge < -0.3 is 15.2 Å². The van der Waals surface area contributed by atoms with Crippen LogP contribution in [0.5, 0.6) is 5.75 Å². The van der Waals surface area contributed by atoms with Crippen molar-refractivity contribution < 1.29 is 14.6 Å². The number of aliphatic hydroxyl groups is 1. The molecule has 0 saturated carbocycles. The van der Waals surface area contributed by atoms with Gasteiger partial charge in [-0.2, -0.15) is 0 Å². The number of amides is 1. The van der Waals surface area contributed by atoms with E-state index >= 15 is 0 Å². The van der Waals surface area contributed by atoms with Gasteiger partial charge in [-0.1, -0.05) is 39.7 Å². The van der Waals surface area contributed by atoms with Gasteiger partial charge in [0.05, 0.1) is 11.6 Å². The number of anilines is 1. The summed E-state index contributed by atoms with van der Waals surface area (Å²) in [5.74, 6) is 0.142. The molecule has 0 spiro atoms. The van der Waals surface area contributed by atoms with E-state index in [4.69, 9.17) is 21.4 Å². The predicted molar refractivity (Wildman–Crippen MR) is 85.6 cm³/mol. The van der Waals surface area contributed by atoms with Crippen molar-refractivity contribution in [1.29, 1.82) is 0 Å². The second kappa shape index (κ2) is 7.45. The highest BCUT2D eigenvalue weighted by Crippen LogP contribution is 2.27. The Bertz CT molecular complexity index is 649. The number of nitrogens with one attached hydrogen (secondary N) is 1. The molecule has 0 aliphatic rings. The quantitative estimate of drug-likeness (QED) is 0.845. The van der Waals surface area contributed by atoms with Crippen molar-refractivity contribution in [3.63, 3.8) is 0 Å². The summed E-state index contributed by atoms with van der Waals surface area (Å²) in [5, 5.41) is 12.2. The van der Waals surface area contributed by atoms with Gasteiger partial charge in [0, 0.05) is 10.2 Å². The molecule has 0 heterocycles. The molecule has 0 bridgehead atoms. The van der Waals surface area contributed by atoms with Crippen molar-refractivity contribution in [3.8, 4) is 5.75 Å². The summed E-state index contributed by atoms with van der Waals surface area (Å²) in [4.78, 5) is 11.8. The fraction of sp³-hybridized carbons (Fsp3) is 0.133. The first-order valence-electron chi connectivity index (χ1n) is 6.16. The average Bonchev–Trinajstić information content (AvgIpc) is 2.46. The van der Waals surface area contributed by atoms with E-state index in [2.05, 4.69) is 21.2 Å². The minimum atomic E-state index is -0.302. The highest BCUT2D eigenvalue weighted by atomic mass is 79.9. The summed E-state index contributed by atoms with van der Waals surface area (Å²) in [6, 6.07) is 12.1. The lowest BCUT2D eigenvalue weighted by atomic mass is 10.2. The summed E-state index contributed by atoms with van der Waals surface area (Å²) in [6.45, 7) is -0.223. The molecular formula is C15H13BrClNO3. The maximum atomic E-state index is 11.8. The van der Waals surface area contributed by atoms with Crippen LogP contribution in [0.3, 0.4) is 0 Å². The Balaban J connectivity index is 1.92. The van der Waals surface area contributed by atoms with E-state index in [1.807, 2.05) is 0 Å². The van der Waals surface area contributed by atoms with Crippen LogP contribution < -0.4 is 10.1 Å². The summed E-state index contributed by atoms with van der Waals surface area (Å²) in [7, 11) is 0. The van der Waals surface area contributed by atoms with E-state index in [0.717, 1.165) is 10.0 Å². The normalized spacial score (nSPS) is 10.2. The smallest absolute Gasteiger partial charge is 0.262 e.